The van der Waals surface area contributed by atoms with Crippen LogP contribution in [-0.2, 0) is 11.3 Å². The Morgan fingerprint density at radius 3 is 2.76 bits per heavy atom. The third-order valence-corrected chi connectivity index (χ3v) is 4.81. The summed E-state index contributed by atoms with van der Waals surface area (Å²) in [5.41, 5.74) is 5.58. The molecule has 112 valence electrons. The first-order valence-corrected chi connectivity index (χ1v) is 8.25. The maximum atomic E-state index is 12.0. The summed E-state index contributed by atoms with van der Waals surface area (Å²) in [6.45, 7) is 1.02. The molecular weight excluding hydrogens is 330 g/mol. The molecule has 2 heterocycles. The molecule has 0 radical (unpaired) electrons. The van der Waals surface area contributed by atoms with Crippen LogP contribution in [0.2, 0.25) is 4.34 Å². The summed E-state index contributed by atoms with van der Waals surface area (Å²) in [5, 5.41) is 4.95. The van der Waals surface area contributed by atoms with Gasteiger partial charge in [0.15, 0.2) is 6.54 Å². The van der Waals surface area contributed by atoms with Crippen molar-refractivity contribution in [3.05, 3.63) is 38.4 Å². The standard InChI is InChI=1S/C13H14ClN3O2S2/c1-17(6-8-2-3-10(14)21-8)7-11(18)16-13-9(12(15)19)4-5-20-13/h2-5H,6-7H2,1H3,(H2,15,19)(H,16,18)/p+1. The molecule has 0 saturated heterocycles. The molecule has 21 heavy (non-hydrogen) atoms. The van der Waals surface area contributed by atoms with Crippen molar-refractivity contribution in [1.29, 1.82) is 0 Å². The van der Waals surface area contributed by atoms with Crippen LogP contribution in [0.1, 0.15) is 15.2 Å². The third kappa shape index (κ3) is 4.53. The topological polar surface area (TPSA) is 76.6 Å². The number of quaternary nitrogens is 1. The van der Waals surface area contributed by atoms with Gasteiger partial charge in [-0.05, 0) is 23.6 Å². The maximum Gasteiger partial charge on any atom is 0.280 e. The number of anilines is 1. The molecular formula is C13H15ClN3O2S2+. The van der Waals surface area contributed by atoms with Crippen molar-refractivity contribution in [2.75, 3.05) is 18.9 Å². The average Bonchev–Trinajstić information content (AvgIpc) is 2.98. The van der Waals surface area contributed by atoms with Crippen molar-refractivity contribution in [2.45, 2.75) is 6.54 Å². The second-order valence-corrected chi connectivity index (χ2v) is 7.31. The van der Waals surface area contributed by atoms with E-state index in [1.54, 1.807) is 11.4 Å². The zero-order chi connectivity index (χ0) is 15.4. The highest BCUT2D eigenvalue weighted by molar-refractivity contribution is 7.16. The van der Waals surface area contributed by atoms with Crippen LogP contribution in [0.5, 0.6) is 0 Å². The Balaban J connectivity index is 1.89. The van der Waals surface area contributed by atoms with Crippen LogP contribution in [-0.4, -0.2) is 25.4 Å². The number of hydrogen-bond acceptors (Lipinski definition) is 4. The van der Waals surface area contributed by atoms with E-state index < -0.39 is 5.91 Å². The van der Waals surface area contributed by atoms with Crippen molar-refractivity contribution < 1.29 is 14.5 Å². The number of nitrogens with two attached hydrogens (primary N) is 1. The van der Waals surface area contributed by atoms with Gasteiger partial charge in [0.25, 0.3) is 11.8 Å². The number of rotatable bonds is 6. The Morgan fingerprint density at radius 2 is 2.14 bits per heavy atom. The van der Waals surface area contributed by atoms with Gasteiger partial charge in [-0.25, -0.2) is 0 Å². The molecule has 2 rings (SSSR count). The Kier molecular flexibility index (Phi) is 5.35. The lowest BCUT2D eigenvalue weighted by atomic mass is 10.3. The van der Waals surface area contributed by atoms with Crippen LogP contribution in [0.15, 0.2) is 23.6 Å². The zero-order valence-corrected chi connectivity index (χ0v) is 13.7. The van der Waals surface area contributed by atoms with E-state index >= 15 is 0 Å². The van der Waals surface area contributed by atoms with Crippen molar-refractivity contribution in [2.24, 2.45) is 5.73 Å². The second kappa shape index (κ2) is 7.04. The fraction of sp³-hybridized carbons (Fsp3) is 0.231. The summed E-state index contributed by atoms with van der Waals surface area (Å²) in [7, 11) is 1.93. The van der Waals surface area contributed by atoms with Crippen LogP contribution < -0.4 is 16.0 Å². The van der Waals surface area contributed by atoms with E-state index in [-0.39, 0.29) is 5.91 Å². The van der Waals surface area contributed by atoms with E-state index in [1.807, 2.05) is 19.2 Å². The largest absolute Gasteiger partial charge is 0.366 e. The van der Waals surface area contributed by atoms with Gasteiger partial charge in [-0.2, -0.15) is 0 Å². The van der Waals surface area contributed by atoms with Gasteiger partial charge in [0, 0.05) is 0 Å². The zero-order valence-electron chi connectivity index (χ0n) is 11.3. The van der Waals surface area contributed by atoms with Gasteiger partial charge in [-0.3, -0.25) is 9.59 Å². The van der Waals surface area contributed by atoms with Crippen LogP contribution in [0, 0.1) is 0 Å². The van der Waals surface area contributed by atoms with Gasteiger partial charge in [0.1, 0.15) is 11.5 Å². The van der Waals surface area contributed by atoms with E-state index in [4.69, 9.17) is 17.3 Å². The summed E-state index contributed by atoms with van der Waals surface area (Å²) < 4.78 is 0.743. The summed E-state index contributed by atoms with van der Waals surface area (Å²) in [5.74, 6) is -0.694. The minimum Gasteiger partial charge on any atom is -0.366 e. The monoisotopic (exact) mass is 344 g/mol. The molecule has 0 saturated carbocycles. The highest BCUT2D eigenvalue weighted by atomic mass is 35.5. The molecule has 8 heteroatoms. The van der Waals surface area contributed by atoms with E-state index in [9.17, 15) is 9.59 Å². The fourth-order valence-corrected chi connectivity index (χ4v) is 3.86. The number of carbonyl (C=O) groups is 2. The van der Waals surface area contributed by atoms with E-state index in [0.29, 0.717) is 17.1 Å². The molecule has 0 fully saturated rings. The quantitative estimate of drug-likeness (QED) is 0.736. The Hall–Kier alpha value is -1.41. The summed E-state index contributed by atoms with van der Waals surface area (Å²) in [6, 6.07) is 5.41. The van der Waals surface area contributed by atoms with E-state index in [1.165, 1.54) is 22.7 Å². The maximum absolute atomic E-state index is 12.0. The van der Waals surface area contributed by atoms with Crippen LogP contribution in [0.25, 0.3) is 0 Å². The highest BCUT2D eigenvalue weighted by Gasteiger charge is 2.16. The SMILES string of the molecule is C[NH+](CC(=O)Nc1sccc1C(N)=O)Cc1ccc(Cl)s1. The Bertz CT molecular complexity index is 653. The van der Waals surface area contributed by atoms with Gasteiger partial charge in [-0.1, -0.05) is 11.6 Å². The van der Waals surface area contributed by atoms with Crippen LogP contribution in [0.3, 0.4) is 0 Å². The summed E-state index contributed by atoms with van der Waals surface area (Å²) in [6.07, 6.45) is 0. The van der Waals surface area contributed by atoms with Gasteiger partial charge in [0.2, 0.25) is 0 Å². The molecule has 0 aliphatic carbocycles. The van der Waals surface area contributed by atoms with Gasteiger partial charge >= 0.3 is 0 Å². The molecule has 2 amide bonds. The molecule has 0 spiro atoms. The predicted molar refractivity (Wildman–Crippen MR) is 86.3 cm³/mol. The molecule has 0 aliphatic heterocycles. The smallest absolute Gasteiger partial charge is 0.280 e. The lowest BCUT2D eigenvalue weighted by Gasteiger charge is -2.12. The molecule has 1 unspecified atom stereocenters. The Labute approximate surface area is 135 Å². The number of halogens is 1. The molecule has 0 bridgehead atoms. The van der Waals surface area contributed by atoms with E-state index in [0.717, 1.165) is 20.7 Å². The number of amides is 2. The lowest BCUT2D eigenvalue weighted by molar-refractivity contribution is -0.884. The number of nitrogens with one attached hydrogen (secondary N) is 2. The first-order chi connectivity index (χ1) is 9.95. The molecule has 2 aromatic rings. The van der Waals surface area contributed by atoms with Gasteiger partial charge in [-0.15, -0.1) is 22.7 Å². The normalized spacial score (nSPS) is 12.1. The molecule has 0 aromatic carbocycles. The van der Waals surface area contributed by atoms with Crippen molar-refractivity contribution in [3.8, 4) is 0 Å². The van der Waals surface area contributed by atoms with Crippen LogP contribution in [0.4, 0.5) is 5.00 Å². The number of hydrogen-bond donors (Lipinski definition) is 3. The first-order valence-electron chi connectivity index (χ1n) is 6.18. The predicted octanol–water partition coefficient (Wildman–Crippen LogP) is 1.22. The Morgan fingerprint density at radius 1 is 1.38 bits per heavy atom. The van der Waals surface area contributed by atoms with Crippen molar-refractivity contribution in [1.82, 2.24) is 0 Å². The van der Waals surface area contributed by atoms with Gasteiger partial charge < -0.3 is 16.0 Å². The summed E-state index contributed by atoms with van der Waals surface area (Å²) >= 11 is 8.67. The number of carbonyl (C=O) groups excluding carboxylic acids is 2. The van der Waals surface area contributed by atoms with Gasteiger partial charge in [0.05, 0.1) is 21.8 Å². The molecule has 0 aliphatic rings. The molecule has 5 nitrogen and oxygen atoms in total. The third-order valence-electron chi connectivity index (χ3n) is 2.75. The number of likely N-dealkylation sites (N-methyl/N-ethyl adjacent to an activating group) is 1. The fourth-order valence-electron chi connectivity index (χ4n) is 1.85. The average molecular weight is 345 g/mol. The molecule has 4 N–H and O–H groups in total. The highest BCUT2D eigenvalue weighted by Crippen LogP contribution is 2.22. The number of thiophene rings is 2. The van der Waals surface area contributed by atoms with E-state index in [2.05, 4.69) is 5.32 Å². The van der Waals surface area contributed by atoms with Crippen molar-refractivity contribution in [3.63, 3.8) is 0 Å². The first kappa shape index (κ1) is 16.0. The molecule has 2 aromatic heterocycles. The van der Waals surface area contributed by atoms with Crippen molar-refractivity contribution >= 4 is 51.1 Å². The minimum atomic E-state index is -0.541. The number of primary amides is 1. The second-order valence-electron chi connectivity index (χ2n) is 4.59. The molecule has 1 atom stereocenters. The lowest BCUT2D eigenvalue weighted by Crippen LogP contribution is -3.08. The summed E-state index contributed by atoms with van der Waals surface area (Å²) in [4.78, 5) is 25.3. The van der Waals surface area contributed by atoms with Crippen LogP contribution >= 0.6 is 34.3 Å². The minimum absolute atomic E-state index is 0.153.